The number of carbonyl (C=O) groups is 1. The van der Waals surface area contributed by atoms with Gasteiger partial charge in [0, 0.05) is 30.4 Å². The van der Waals surface area contributed by atoms with Crippen molar-refractivity contribution < 1.29 is 9.90 Å². The highest BCUT2D eigenvalue weighted by atomic mass is 16.3. The third-order valence-corrected chi connectivity index (χ3v) is 4.52. The van der Waals surface area contributed by atoms with Gasteiger partial charge in [0.15, 0.2) is 0 Å². The van der Waals surface area contributed by atoms with Gasteiger partial charge in [-0.3, -0.25) is 10.00 Å². The maximum Gasteiger partial charge on any atom is 0.320 e. The Labute approximate surface area is 134 Å². The molecule has 0 radical (unpaired) electrons. The number of aliphatic hydroxyl groups is 1. The fourth-order valence-electron chi connectivity index (χ4n) is 3.07. The Morgan fingerprint density at radius 2 is 2.30 bits per heavy atom. The first-order valence-corrected chi connectivity index (χ1v) is 7.71. The van der Waals surface area contributed by atoms with Crippen LogP contribution in [0.4, 0.5) is 10.6 Å². The second-order valence-corrected chi connectivity index (χ2v) is 6.07. The smallest absolute Gasteiger partial charge is 0.320 e. The molecule has 1 aliphatic rings. The first kappa shape index (κ1) is 15.5. The zero-order valence-corrected chi connectivity index (χ0v) is 13.1. The number of carbonyl (C=O) groups excluding carboxylic acids is 1. The highest BCUT2D eigenvalue weighted by Crippen LogP contribution is 2.49. The molecule has 1 saturated carbocycles. The minimum absolute atomic E-state index is 0.0381. The van der Waals surface area contributed by atoms with E-state index in [4.69, 9.17) is 0 Å². The first-order valence-electron chi connectivity index (χ1n) is 7.71. The van der Waals surface area contributed by atoms with Gasteiger partial charge in [0.25, 0.3) is 0 Å². The van der Waals surface area contributed by atoms with Crippen molar-refractivity contribution >= 4 is 11.8 Å². The number of rotatable bonds is 5. The number of urea groups is 1. The van der Waals surface area contributed by atoms with E-state index in [0.29, 0.717) is 5.82 Å². The molecule has 1 aliphatic carbocycles. The highest BCUT2D eigenvalue weighted by molar-refractivity contribution is 5.88. The van der Waals surface area contributed by atoms with Crippen LogP contribution in [0.1, 0.15) is 30.9 Å². The summed E-state index contributed by atoms with van der Waals surface area (Å²) in [6.07, 6.45) is 8.05. The average molecular weight is 315 g/mol. The van der Waals surface area contributed by atoms with E-state index in [9.17, 15) is 9.90 Å². The molecule has 2 aromatic heterocycles. The fraction of sp³-hybridized carbons (Fsp3) is 0.438. The third kappa shape index (κ3) is 3.19. The molecule has 122 valence electrons. The average Bonchev–Trinajstić information content (AvgIpc) is 2.93. The van der Waals surface area contributed by atoms with Crippen molar-refractivity contribution in [3.63, 3.8) is 0 Å². The summed E-state index contributed by atoms with van der Waals surface area (Å²) in [6, 6.07) is 4.71. The summed E-state index contributed by atoms with van der Waals surface area (Å²) < 4.78 is 1.70. The van der Waals surface area contributed by atoms with E-state index in [1.165, 1.54) is 0 Å². The number of anilines is 1. The van der Waals surface area contributed by atoms with Crippen molar-refractivity contribution in [2.75, 3.05) is 11.9 Å². The van der Waals surface area contributed by atoms with Crippen LogP contribution in [0, 0.1) is 5.41 Å². The predicted molar refractivity (Wildman–Crippen MR) is 85.7 cm³/mol. The molecule has 0 aliphatic heterocycles. The molecule has 0 aromatic carbocycles. The summed E-state index contributed by atoms with van der Waals surface area (Å²) in [5, 5.41) is 19.8. The number of aryl methyl sites for hydroxylation is 1. The van der Waals surface area contributed by atoms with Crippen molar-refractivity contribution in [3.8, 4) is 0 Å². The molecule has 7 nitrogen and oxygen atoms in total. The lowest BCUT2D eigenvalue weighted by Crippen LogP contribution is -2.48. The molecule has 3 rings (SSSR count). The van der Waals surface area contributed by atoms with Gasteiger partial charge < -0.3 is 10.4 Å². The van der Waals surface area contributed by atoms with E-state index in [2.05, 4.69) is 20.7 Å². The number of hydrogen-bond acceptors (Lipinski definition) is 4. The number of nitrogens with zero attached hydrogens (tertiary/aromatic N) is 3. The van der Waals surface area contributed by atoms with E-state index < -0.39 is 0 Å². The van der Waals surface area contributed by atoms with Crippen molar-refractivity contribution in [1.82, 2.24) is 20.1 Å². The van der Waals surface area contributed by atoms with Gasteiger partial charge in [0.2, 0.25) is 0 Å². The van der Waals surface area contributed by atoms with Crippen molar-refractivity contribution in [1.29, 1.82) is 0 Å². The molecule has 1 fully saturated rings. The summed E-state index contributed by atoms with van der Waals surface area (Å²) in [7, 11) is 1.83. The van der Waals surface area contributed by atoms with Crippen LogP contribution in [0.3, 0.4) is 0 Å². The van der Waals surface area contributed by atoms with Gasteiger partial charge in [-0.2, -0.15) is 5.10 Å². The summed E-state index contributed by atoms with van der Waals surface area (Å²) in [5.41, 5.74) is 0.585. The Morgan fingerprint density at radius 1 is 1.48 bits per heavy atom. The van der Waals surface area contributed by atoms with E-state index in [1.54, 1.807) is 29.2 Å². The van der Waals surface area contributed by atoms with Gasteiger partial charge in [-0.15, -0.1) is 0 Å². The zero-order valence-electron chi connectivity index (χ0n) is 13.1. The Balaban J connectivity index is 1.77. The van der Waals surface area contributed by atoms with Crippen LogP contribution in [-0.2, 0) is 7.05 Å². The van der Waals surface area contributed by atoms with Gasteiger partial charge in [0.1, 0.15) is 5.82 Å². The summed E-state index contributed by atoms with van der Waals surface area (Å²) in [5.74, 6) is 0.488. The molecule has 0 saturated heterocycles. The van der Waals surface area contributed by atoms with Gasteiger partial charge in [-0.1, -0.05) is 12.5 Å². The number of nitrogens with one attached hydrogen (secondary N) is 2. The van der Waals surface area contributed by atoms with E-state index in [1.807, 2.05) is 19.3 Å². The topological polar surface area (TPSA) is 92.1 Å². The molecule has 0 spiro atoms. The Hall–Kier alpha value is -2.41. The summed E-state index contributed by atoms with van der Waals surface area (Å²) >= 11 is 0. The standard InChI is InChI=1S/C16H21N5O2/c1-21-10-12(9-18-21)14(16(11-22)6-4-7-16)20-15(23)19-13-5-2-3-8-17-13/h2-3,5,8-10,14,22H,4,6-7,11H2,1H3,(H2,17,19,20,23). The van der Waals surface area contributed by atoms with Crippen molar-refractivity contribution in [2.24, 2.45) is 12.5 Å². The molecule has 23 heavy (non-hydrogen) atoms. The lowest BCUT2D eigenvalue weighted by Gasteiger charge is -2.46. The molecule has 3 N–H and O–H groups in total. The maximum atomic E-state index is 12.3. The van der Waals surface area contributed by atoms with Crippen LogP contribution in [0.5, 0.6) is 0 Å². The second kappa shape index (κ2) is 6.37. The molecular weight excluding hydrogens is 294 g/mol. The molecular formula is C16H21N5O2. The minimum atomic E-state index is -0.336. The van der Waals surface area contributed by atoms with Gasteiger partial charge in [-0.25, -0.2) is 9.78 Å². The summed E-state index contributed by atoms with van der Waals surface area (Å²) in [6.45, 7) is 0.0381. The number of aromatic nitrogens is 3. The highest BCUT2D eigenvalue weighted by Gasteiger charge is 2.45. The zero-order chi connectivity index (χ0) is 16.3. The van der Waals surface area contributed by atoms with Crippen LogP contribution in [-0.4, -0.2) is 32.5 Å². The number of aliphatic hydroxyl groups excluding tert-OH is 1. The molecule has 7 heteroatoms. The molecule has 2 aromatic rings. The van der Waals surface area contributed by atoms with E-state index in [-0.39, 0.29) is 24.1 Å². The monoisotopic (exact) mass is 315 g/mol. The van der Waals surface area contributed by atoms with E-state index in [0.717, 1.165) is 24.8 Å². The number of amides is 2. The van der Waals surface area contributed by atoms with E-state index >= 15 is 0 Å². The molecule has 2 amide bonds. The molecule has 2 heterocycles. The number of hydrogen-bond donors (Lipinski definition) is 3. The Kier molecular flexibility index (Phi) is 4.29. The Morgan fingerprint density at radius 3 is 2.83 bits per heavy atom. The van der Waals surface area contributed by atoms with Gasteiger partial charge in [-0.05, 0) is 25.0 Å². The van der Waals surface area contributed by atoms with Crippen LogP contribution >= 0.6 is 0 Å². The molecule has 0 bridgehead atoms. The lowest BCUT2D eigenvalue weighted by atomic mass is 9.63. The van der Waals surface area contributed by atoms with Crippen LogP contribution in [0.2, 0.25) is 0 Å². The molecule has 1 atom stereocenters. The van der Waals surface area contributed by atoms with Crippen LogP contribution < -0.4 is 10.6 Å². The normalized spacial score (nSPS) is 17.1. The van der Waals surface area contributed by atoms with Crippen LogP contribution in [0.15, 0.2) is 36.8 Å². The summed E-state index contributed by atoms with van der Waals surface area (Å²) in [4.78, 5) is 16.4. The van der Waals surface area contributed by atoms with Gasteiger partial charge >= 0.3 is 6.03 Å². The first-order chi connectivity index (χ1) is 11.1. The molecule has 1 unspecified atom stereocenters. The second-order valence-electron chi connectivity index (χ2n) is 6.07. The SMILES string of the molecule is Cn1cc(C(NC(=O)Nc2ccccn2)C2(CO)CCC2)cn1. The third-order valence-electron chi connectivity index (χ3n) is 4.52. The van der Waals surface area contributed by atoms with Crippen molar-refractivity contribution in [3.05, 3.63) is 42.4 Å². The predicted octanol–water partition coefficient (Wildman–Crippen LogP) is 1.84. The minimum Gasteiger partial charge on any atom is -0.396 e. The Bertz CT molecular complexity index is 661. The van der Waals surface area contributed by atoms with Crippen LogP contribution in [0.25, 0.3) is 0 Å². The number of pyridine rings is 1. The van der Waals surface area contributed by atoms with Gasteiger partial charge in [0.05, 0.1) is 18.8 Å². The lowest BCUT2D eigenvalue weighted by molar-refractivity contribution is 0.00967. The fourth-order valence-corrected chi connectivity index (χ4v) is 3.07. The largest absolute Gasteiger partial charge is 0.396 e. The van der Waals surface area contributed by atoms with Crippen molar-refractivity contribution in [2.45, 2.75) is 25.3 Å². The maximum absolute atomic E-state index is 12.3. The quantitative estimate of drug-likeness (QED) is 0.785.